The number of para-hydroxylation sites is 1. The molecule has 1 saturated heterocycles. The number of hydrogen-bond acceptors (Lipinski definition) is 7. The second-order valence-electron chi connectivity index (χ2n) is 5.36. The number of carbonyl (C=O) groups is 3. The third kappa shape index (κ3) is 6.20. The molecular formula is C16H18N4O5S. The normalized spacial score (nSPS) is 18.2. The van der Waals surface area contributed by atoms with Crippen LogP contribution in [0.25, 0.3) is 0 Å². The van der Waals surface area contributed by atoms with Gasteiger partial charge in [0.25, 0.3) is 0 Å². The number of nitrogens with zero attached hydrogens (tertiary/aromatic N) is 2. The first-order valence-corrected chi connectivity index (χ1v) is 8.68. The Hall–Kier alpha value is -2.88. The highest BCUT2D eigenvalue weighted by molar-refractivity contribution is 8.15. The van der Waals surface area contributed by atoms with Crippen molar-refractivity contribution < 1.29 is 24.6 Å². The number of thioether (sulfide) groups is 1. The summed E-state index contributed by atoms with van der Waals surface area (Å²) in [6.07, 6.45) is 1.63. The zero-order valence-corrected chi connectivity index (χ0v) is 14.5. The zero-order valence-electron chi connectivity index (χ0n) is 13.7. The van der Waals surface area contributed by atoms with Gasteiger partial charge >= 0.3 is 5.97 Å². The number of amidine groups is 1. The van der Waals surface area contributed by atoms with Crippen LogP contribution in [0.1, 0.15) is 24.8 Å². The van der Waals surface area contributed by atoms with Crippen LogP contribution in [-0.4, -0.2) is 51.2 Å². The Morgan fingerprint density at radius 3 is 2.85 bits per heavy atom. The van der Waals surface area contributed by atoms with E-state index >= 15 is 0 Å². The number of carboxylic acid groups (broad SMARTS) is 1. The Labute approximate surface area is 153 Å². The van der Waals surface area contributed by atoms with Crippen LogP contribution in [-0.2, 0) is 14.4 Å². The van der Waals surface area contributed by atoms with Crippen LogP contribution in [0, 0.1) is 0 Å². The molecule has 1 fully saturated rings. The van der Waals surface area contributed by atoms with Crippen LogP contribution in [0.3, 0.4) is 0 Å². The number of hydrogen-bond donors (Lipinski definition) is 4. The van der Waals surface area contributed by atoms with Gasteiger partial charge in [-0.3, -0.25) is 14.4 Å². The van der Waals surface area contributed by atoms with Crippen LogP contribution in [0.4, 0.5) is 0 Å². The highest BCUT2D eigenvalue weighted by atomic mass is 32.2. The lowest BCUT2D eigenvalue weighted by Gasteiger charge is -2.06. The number of phenols is 1. The predicted octanol–water partition coefficient (Wildman–Crippen LogP) is 0.685. The number of aliphatic carboxylic acids is 1. The number of benzene rings is 1. The molecule has 0 aliphatic carbocycles. The van der Waals surface area contributed by atoms with Crippen molar-refractivity contribution in [2.75, 3.05) is 6.54 Å². The van der Waals surface area contributed by atoms with Crippen molar-refractivity contribution in [1.29, 1.82) is 0 Å². The first kappa shape index (κ1) is 19.4. The van der Waals surface area contributed by atoms with Crippen molar-refractivity contribution in [3.8, 4) is 5.75 Å². The summed E-state index contributed by atoms with van der Waals surface area (Å²) in [5, 5.41) is 30.6. The Morgan fingerprint density at radius 2 is 2.12 bits per heavy atom. The molecule has 0 spiro atoms. The number of nitrogens with one attached hydrogen (secondary N) is 2. The summed E-state index contributed by atoms with van der Waals surface area (Å²) in [4.78, 5) is 34.0. The first-order chi connectivity index (χ1) is 12.5. The molecule has 26 heavy (non-hydrogen) atoms. The van der Waals surface area contributed by atoms with Gasteiger partial charge in [0.1, 0.15) is 11.0 Å². The summed E-state index contributed by atoms with van der Waals surface area (Å²) in [6.45, 7) is 0.246. The van der Waals surface area contributed by atoms with E-state index in [9.17, 15) is 19.5 Å². The monoisotopic (exact) mass is 378 g/mol. The van der Waals surface area contributed by atoms with E-state index in [1.807, 2.05) is 0 Å². The average Bonchev–Trinajstić information content (AvgIpc) is 2.93. The molecule has 2 rings (SSSR count). The zero-order chi connectivity index (χ0) is 18.9. The molecule has 1 atom stereocenters. The third-order valence-electron chi connectivity index (χ3n) is 3.32. The predicted molar refractivity (Wildman–Crippen MR) is 97.2 cm³/mol. The van der Waals surface area contributed by atoms with E-state index in [4.69, 9.17) is 5.11 Å². The van der Waals surface area contributed by atoms with Crippen LogP contribution >= 0.6 is 11.8 Å². The molecule has 2 amide bonds. The number of rotatable bonds is 8. The lowest BCUT2D eigenvalue weighted by Crippen LogP contribution is -2.31. The lowest BCUT2D eigenvalue weighted by molar-refractivity contribution is -0.137. The van der Waals surface area contributed by atoms with E-state index in [0.29, 0.717) is 12.0 Å². The first-order valence-electron chi connectivity index (χ1n) is 7.80. The van der Waals surface area contributed by atoms with E-state index in [2.05, 4.69) is 20.8 Å². The minimum atomic E-state index is -0.921. The largest absolute Gasteiger partial charge is 0.507 e. The Morgan fingerprint density at radius 1 is 1.35 bits per heavy atom. The maximum absolute atomic E-state index is 11.9. The Bertz CT molecular complexity index is 750. The van der Waals surface area contributed by atoms with Gasteiger partial charge in [0.15, 0.2) is 5.17 Å². The summed E-state index contributed by atoms with van der Waals surface area (Å²) in [7, 11) is 0. The van der Waals surface area contributed by atoms with Crippen LogP contribution in [0.15, 0.2) is 34.5 Å². The molecular weight excluding hydrogens is 360 g/mol. The molecule has 1 heterocycles. The molecule has 138 valence electrons. The highest BCUT2D eigenvalue weighted by Crippen LogP contribution is 2.22. The number of carbonyl (C=O) groups excluding carboxylic acids is 2. The minimum absolute atomic E-state index is 0.0231. The number of amides is 2. The molecule has 10 heteroatoms. The van der Waals surface area contributed by atoms with E-state index in [0.717, 1.165) is 11.8 Å². The summed E-state index contributed by atoms with van der Waals surface area (Å²) < 4.78 is 0. The molecule has 4 N–H and O–H groups in total. The van der Waals surface area contributed by atoms with Gasteiger partial charge in [-0.05, 0) is 18.6 Å². The molecule has 1 aliphatic rings. The number of aromatic hydroxyl groups is 1. The second kappa shape index (κ2) is 9.56. The summed E-state index contributed by atoms with van der Waals surface area (Å²) in [5.41, 5.74) is 0.489. The molecule has 0 saturated carbocycles. The fraction of sp³-hybridized carbons (Fsp3) is 0.312. The van der Waals surface area contributed by atoms with Gasteiger partial charge in [0, 0.05) is 24.9 Å². The van der Waals surface area contributed by atoms with Crippen molar-refractivity contribution in [2.45, 2.75) is 24.5 Å². The Balaban J connectivity index is 1.81. The molecule has 1 aromatic rings. The standard InChI is InChI=1S/C16H18N4O5S/c21-11-5-2-1-4-10(11)9-18-20-16-19-15(25)12(26-16)8-13(22)17-7-3-6-14(23)24/h1-2,4-5,9,12,21H,3,6-8H2,(H,17,22)(H,23,24)(H,19,20,25)/b18-9-/t12-/m1/s1. The Kier molecular flexibility index (Phi) is 7.15. The van der Waals surface area contributed by atoms with E-state index in [-0.39, 0.29) is 42.1 Å². The quantitative estimate of drug-likeness (QED) is 0.298. The molecule has 0 bridgehead atoms. The van der Waals surface area contributed by atoms with Gasteiger partial charge in [0.05, 0.1) is 6.21 Å². The molecule has 0 unspecified atom stereocenters. The van der Waals surface area contributed by atoms with Crippen LogP contribution in [0.5, 0.6) is 5.75 Å². The fourth-order valence-corrected chi connectivity index (χ4v) is 2.96. The number of phenolic OH excluding ortho intramolecular Hbond substituents is 1. The summed E-state index contributed by atoms with van der Waals surface area (Å²) in [6, 6.07) is 6.61. The summed E-state index contributed by atoms with van der Waals surface area (Å²) in [5.74, 6) is -1.53. The van der Waals surface area contributed by atoms with Crippen LogP contribution < -0.4 is 10.6 Å². The molecule has 1 aromatic carbocycles. The molecule has 0 aromatic heterocycles. The summed E-state index contributed by atoms with van der Waals surface area (Å²) >= 11 is 1.09. The third-order valence-corrected chi connectivity index (χ3v) is 4.39. The number of carboxylic acids is 1. The lowest BCUT2D eigenvalue weighted by atomic mass is 10.2. The second-order valence-corrected chi connectivity index (χ2v) is 6.55. The molecule has 9 nitrogen and oxygen atoms in total. The van der Waals surface area contributed by atoms with E-state index in [1.165, 1.54) is 12.3 Å². The SMILES string of the molecule is O=C(O)CCCNC(=O)C[C@H]1S/C(=N\N=C/c2ccccc2O)NC1=O. The van der Waals surface area contributed by atoms with Crippen molar-refractivity contribution in [2.24, 2.45) is 10.2 Å². The van der Waals surface area contributed by atoms with E-state index in [1.54, 1.807) is 18.2 Å². The van der Waals surface area contributed by atoms with Crippen LogP contribution in [0.2, 0.25) is 0 Å². The van der Waals surface area contributed by atoms with Gasteiger partial charge in [-0.1, -0.05) is 23.9 Å². The maximum Gasteiger partial charge on any atom is 0.303 e. The van der Waals surface area contributed by atoms with Crippen molar-refractivity contribution in [1.82, 2.24) is 10.6 Å². The van der Waals surface area contributed by atoms with Gasteiger partial charge in [-0.25, -0.2) is 0 Å². The molecule has 1 aliphatic heterocycles. The fourth-order valence-electron chi connectivity index (χ4n) is 2.03. The van der Waals surface area contributed by atoms with E-state index < -0.39 is 11.2 Å². The average molecular weight is 378 g/mol. The van der Waals surface area contributed by atoms with Gasteiger partial charge < -0.3 is 20.8 Å². The van der Waals surface area contributed by atoms with Gasteiger partial charge in [-0.2, -0.15) is 5.10 Å². The van der Waals surface area contributed by atoms with Gasteiger partial charge in [0.2, 0.25) is 11.8 Å². The molecule has 0 radical (unpaired) electrons. The van der Waals surface area contributed by atoms with Crippen molar-refractivity contribution in [3.05, 3.63) is 29.8 Å². The maximum atomic E-state index is 11.9. The smallest absolute Gasteiger partial charge is 0.303 e. The highest BCUT2D eigenvalue weighted by Gasteiger charge is 2.32. The van der Waals surface area contributed by atoms with Crippen molar-refractivity contribution >= 4 is 40.9 Å². The minimum Gasteiger partial charge on any atom is -0.507 e. The topological polar surface area (TPSA) is 140 Å². The van der Waals surface area contributed by atoms with Crippen molar-refractivity contribution in [3.63, 3.8) is 0 Å². The van der Waals surface area contributed by atoms with Gasteiger partial charge in [-0.15, -0.1) is 5.10 Å².